The molecule has 8 heteroatoms. The monoisotopic (exact) mass is 401 g/mol. The number of benzene rings is 2. The highest BCUT2D eigenvalue weighted by atomic mass is 35.5. The van der Waals surface area contributed by atoms with Gasteiger partial charge in [0.2, 0.25) is 0 Å². The van der Waals surface area contributed by atoms with Crippen LogP contribution < -0.4 is 5.32 Å². The van der Waals surface area contributed by atoms with Gasteiger partial charge in [0.15, 0.2) is 17.5 Å². The first kappa shape index (κ1) is 19.1. The molecular weight excluding hydrogens is 387 g/mol. The van der Waals surface area contributed by atoms with E-state index < -0.39 is 23.4 Å². The highest BCUT2D eigenvalue weighted by Gasteiger charge is 2.18. The highest BCUT2D eigenvalue weighted by Crippen LogP contribution is 2.35. The molecule has 0 bridgehead atoms. The molecule has 1 heterocycles. The third-order valence-corrected chi connectivity index (χ3v) is 5.74. The average molecular weight is 402 g/mol. The van der Waals surface area contributed by atoms with E-state index in [1.165, 1.54) is 6.07 Å². The van der Waals surface area contributed by atoms with Crippen LogP contribution in [0.15, 0.2) is 35.2 Å². The van der Waals surface area contributed by atoms with Crippen LogP contribution in [0.3, 0.4) is 0 Å². The molecule has 1 aliphatic rings. The normalized spacial score (nSPS) is 15.1. The van der Waals surface area contributed by atoms with E-state index in [4.69, 9.17) is 16.3 Å². The van der Waals surface area contributed by atoms with Gasteiger partial charge in [0, 0.05) is 46.7 Å². The molecular formula is C18H15ClF3NO2S. The fraction of sp³-hybridized carbons (Fsp3) is 0.278. The number of hydrogen-bond acceptors (Lipinski definition) is 3. The Morgan fingerprint density at radius 3 is 2.42 bits per heavy atom. The first-order chi connectivity index (χ1) is 12.4. The van der Waals surface area contributed by atoms with Crippen molar-refractivity contribution in [1.82, 2.24) is 0 Å². The summed E-state index contributed by atoms with van der Waals surface area (Å²) in [6.07, 6.45) is 1.79. The van der Waals surface area contributed by atoms with Crippen LogP contribution in [0, 0.1) is 17.5 Å². The number of amides is 1. The molecule has 3 nitrogen and oxygen atoms in total. The summed E-state index contributed by atoms with van der Waals surface area (Å²) in [5, 5.41) is 3.23. The minimum atomic E-state index is -1.58. The van der Waals surface area contributed by atoms with Crippen LogP contribution >= 0.6 is 23.4 Å². The number of anilines is 1. The van der Waals surface area contributed by atoms with Gasteiger partial charge in [0.25, 0.3) is 5.91 Å². The standard InChI is InChI=1S/C18H15ClF3NO2S/c19-13-2-1-10(7-16(13)26-12-3-5-25-6-4-12)18(24)23-11-8-14(20)17(22)15(21)9-11/h1-2,7-9,12H,3-6H2,(H,23,24). The van der Waals surface area contributed by atoms with Gasteiger partial charge < -0.3 is 10.1 Å². The van der Waals surface area contributed by atoms with Crippen molar-refractivity contribution in [2.45, 2.75) is 23.0 Å². The van der Waals surface area contributed by atoms with Crippen molar-refractivity contribution in [3.05, 3.63) is 58.4 Å². The third-order valence-electron chi connectivity index (χ3n) is 3.90. The topological polar surface area (TPSA) is 38.3 Å². The number of halogens is 4. The molecule has 0 aromatic heterocycles. The average Bonchev–Trinajstić information content (AvgIpc) is 2.62. The lowest BCUT2D eigenvalue weighted by Gasteiger charge is -2.22. The van der Waals surface area contributed by atoms with Gasteiger partial charge in [-0.3, -0.25) is 4.79 Å². The van der Waals surface area contributed by atoms with Gasteiger partial charge in [-0.15, -0.1) is 11.8 Å². The van der Waals surface area contributed by atoms with Gasteiger partial charge in [0.05, 0.1) is 5.02 Å². The molecule has 0 atom stereocenters. The fourth-order valence-corrected chi connectivity index (χ4v) is 3.95. The summed E-state index contributed by atoms with van der Waals surface area (Å²) in [6.45, 7) is 1.38. The number of nitrogens with one attached hydrogen (secondary N) is 1. The number of ether oxygens (including phenoxy) is 1. The summed E-state index contributed by atoms with van der Waals surface area (Å²) in [6, 6.07) is 6.20. The van der Waals surface area contributed by atoms with Gasteiger partial charge in [0.1, 0.15) is 0 Å². The van der Waals surface area contributed by atoms with Crippen molar-refractivity contribution in [2.75, 3.05) is 18.5 Å². The number of rotatable bonds is 4. The highest BCUT2D eigenvalue weighted by molar-refractivity contribution is 8.00. The minimum Gasteiger partial charge on any atom is -0.381 e. The Balaban J connectivity index is 1.76. The summed E-state index contributed by atoms with van der Waals surface area (Å²) in [4.78, 5) is 13.1. The lowest BCUT2D eigenvalue weighted by atomic mass is 10.2. The van der Waals surface area contributed by atoms with E-state index in [0.29, 0.717) is 23.5 Å². The van der Waals surface area contributed by atoms with Gasteiger partial charge >= 0.3 is 0 Å². The summed E-state index contributed by atoms with van der Waals surface area (Å²) in [5.41, 5.74) is 0.120. The predicted molar refractivity (Wildman–Crippen MR) is 95.4 cm³/mol. The molecule has 1 fully saturated rings. The molecule has 3 rings (SSSR count). The molecule has 1 aliphatic heterocycles. The minimum absolute atomic E-state index is 0.167. The summed E-state index contributed by atoms with van der Waals surface area (Å²) >= 11 is 7.79. The van der Waals surface area contributed by atoms with Crippen molar-refractivity contribution in [3.63, 3.8) is 0 Å². The molecule has 1 N–H and O–H groups in total. The van der Waals surface area contributed by atoms with Crippen LogP contribution in [0.25, 0.3) is 0 Å². The Hall–Kier alpha value is -1.70. The maximum atomic E-state index is 13.3. The molecule has 26 heavy (non-hydrogen) atoms. The predicted octanol–water partition coefficient (Wildman–Crippen LogP) is 5.28. The SMILES string of the molecule is O=C(Nc1cc(F)c(F)c(F)c1)c1ccc(Cl)c(SC2CCOCC2)c1. The van der Waals surface area contributed by atoms with Crippen LogP contribution in [0.4, 0.5) is 18.9 Å². The van der Waals surface area contributed by atoms with Crippen molar-refractivity contribution in [2.24, 2.45) is 0 Å². The first-order valence-electron chi connectivity index (χ1n) is 7.94. The zero-order chi connectivity index (χ0) is 18.7. The van der Waals surface area contributed by atoms with E-state index in [-0.39, 0.29) is 11.3 Å². The van der Waals surface area contributed by atoms with Crippen LogP contribution in [-0.2, 0) is 4.74 Å². The third kappa shape index (κ3) is 4.52. The van der Waals surface area contributed by atoms with Crippen LogP contribution in [0.2, 0.25) is 5.02 Å². The fourth-order valence-electron chi connectivity index (χ4n) is 2.54. The van der Waals surface area contributed by atoms with Gasteiger partial charge in [-0.05, 0) is 31.0 Å². The van der Waals surface area contributed by atoms with Crippen molar-refractivity contribution < 1.29 is 22.7 Å². The summed E-state index contributed by atoms with van der Waals surface area (Å²) in [5.74, 6) is -4.88. The molecule has 0 radical (unpaired) electrons. The van der Waals surface area contributed by atoms with Crippen molar-refractivity contribution in [3.8, 4) is 0 Å². The van der Waals surface area contributed by atoms with E-state index in [1.54, 1.807) is 23.9 Å². The summed E-state index contributed by atoms with van der Waals surface area (Å²) in [7, 11) is 0. The lowest BCUT2D eigenvalue weighted by Crippen LogP contribution is -2.17. The summed E-state index contributed by atoms with van der Waals surface area (Å²) < 4.78 is 44.9. The van der Waals surface area contributed by atoms with Crippen LogP contribution in [-0.4, -0.2) is 24.4 Å². The quantitative estimate of drug-likeness (QED) is 0.708. The largest absolute Gasteiger partial charge is 0.381 e. The number of hydrogen-bond donors (Lipinski definition) is 1. The molecule has 0 spiro atoms. The Morgan fingerprint density at radius 1 is 1.12 bits per heavy atom. The van der Waals surface area contributed by atoms with Crippen LogP contribution in [0.1, 0.15) is 23.2 Å². The zero-order valence-electron chi connectivity index (χ0n) is 13.5. The maximum absolute atomic E-state index is 13.3. The second-order valence-corrected chi connectivity index (χ2v) is 7.53. The number of carbonyl (C=O) groups is 1. The molecule has 0 unspecified atom stereocenters. The van der Waals surface area contributed by atoms with E-state index in [1.807, 2.05) is 0 Å². The first-order valence-corrected chi connectivity index (χ1v) is 9.19. The number of thioether (sulfide) groups is 1. The van der Waals surface area contributed by atoms with Gasteiger partial charge in [-0.1, -0.05) is 11.6 Å². The second kappa shape index (κ2) is 8.33. The van der Waals surface area contributed by atoms with E-state index in [9.17, 15) is 18.0 Å². The smallest absolute Gasteiger partial charge is 0.255 e. The Labute approximate surface area is 157 Å². The van der Waals surface area contributed by atoms with Crippen molar-refractivity contribution in [1.29, 1.82) is 0 Å². The molecule has 0 saturated carbocycles. The van der Waals surface area contributed by atoms with Crippen molar-refractivity contribution >= 4 is 35.0 Å². The molecule has 138 valence electrons. The van der Waals surface area contributed by atoms with E-state index >= 15 is 0 Å². The Bertz CT molecular complexity index is 805. The van der Waals surface area contributed by atoms with Crippen LogP contribution in [0.5, 0.6) is 0 Å². The molecule has 1 amide bonds. The lowest BCUT2D eigenvalue weighted by molar-refractivity contribution is 0.0999. The van der Waals surface area contributed by atoms with E-state index in [0.717, 1.165) is 29.9 Å². The molecule has 2 aromatic carbocycles. The second-order valence-electron chi connectivity index (χ2n) is 5.78. The van der Waals surface area contributed by atoms with Gasteiger partial charge in [-0.25, -0.2) is 13.2 Å². The molecule has 0 aliphatic carbocycles. The molecule has 1 saturated heterocycles. The zero-order valence-corrected chi connectivity index (χ0v) is 15.1. The molecule has 2 aromatic rings. The van der Waals surface area contributed by atoms with Gasteiger partial charge in [-0.2, -0.15) is 0 Å². The Morgan fingerprint density at radius 2 is 1.77 bits per heavy atom. The Kier molecular flexibility index (Phi) is 6.11. The number of carbonyl (C=O) groups excluding carboxylic acids is 1. The maximum Gasteiger partial charge on any atom is 0.255 e. The van der Waals surface area contributed by atoms with E-state index in [2.05, 4.69) is 5.32 Å².